The van der Waals surface area contributed by atoms with Crippen molar-refractivity contribution in [3.05, 3.63) is 76.2 Å². The molecule has 0 aliphatic heterocycles. The number of amides is 1. The largest absolute Gasteiger partial charge is 0.416 e. The van der Waals surface area contributed by atoms with Crippen LogP contribution < -0.4 is 10.9 Å². The molecule has 0 unspecified atom stereocenters. The first-order valence-electron chi connectivity index (χ1n) is 9.14. The maximum Gasteiger partial charge on any atom is 0.416 e. The van der Waals surface area contributed by atoms with Gasteiger partial charge in [0.1, 0.15) is 6.04 Å². The monoisotopic (exact) mass is 414 g/mol. The Labute approximate surface area is 168 Å². The van der Waals surface area contributed by atoms with E-state index in [-0.39, 0.29) is 5.69 Å². The summed E-state index contributed by atoms with van der Waals surface area (Å²) in [6.07, 6.45) is -4.51. The van der Waals surface area contributed by atoms with Gasteiger partial charge in [0.2, 0.25) is 5.91 Å². The Morgan fingerprint density at radius 1 is 1.10 bits per heavy atom. The minimum Gasteiger partial charge on any atom is -0.324 e. The number of nitrogens with zero attached hydrogens (tertiary/aromatic N) is 3. The molecule has 1 N–H and O–H groups in total. The lowest BCUT2D eigenvalue weighted by Crippen LogP contribution is -2.27. The van der Waals surface area contributed by atoms with Crippen molar-refractivity contribution in [1.82, 2.24) is 14.2 Å². The summed E-state index contributed by atoms with van der Waals surface area (Å²) in [6, 6.07) is 12.2. The predicted molar refractivity (Wildman–Crippen MR) is 106 cm³/mol. The van der Waals surface area contributed by atoms with Crippen LogP contribution in [-0.2, 0) is 11.0 Å². The van der Waals surface area contributed by atoms with Crippen LogP contribution in [0.4, 0.5) is 18.9 Å². The SMILES string of the molecule is Cc1cc(=O)nc2c3ccccc3n([C@@H](C)C(=O)Nc3cccc(C(F)(F)F)c3)n12. The number of hydrogen-bond acceptors (Lipinski definition) is 3. The van der Waals surface area contributed by atoms with Crippen LogP contribution in [0.1, 0.15) is 24.2 Å². The highest BCUT2D eigenvalue weighted by Gasteiger charge is 2.31. The highest BCUT2D eigenvalue weighted by molar-refractivity contribution is 5.97. The molecule has 9 heteroatoms. The molecule has 6 nitrogen and oxygen atoms in total. The van der Waals surface area contributed by atoms with Crippen molar-refractivity contribution in [3.63, 3.8) is 0 Å². The number of alkyl halides is 3. The van der Waals surface area contributed by atoms with Gasteiger partial charge in [0, 0.05) is 22.8 Å². The standard InChI is InChI=1S/C21H17F3N4O2/c1-12-10-18(29)26-19-16-8-3-4-9-17(16)28(27(12)19)13(2)20(30)25-15-7-5-6-14(11-15)21(22,23)24/h3-11,13H,1-2H3,(H,25,30)/t13-/m0/s1. The molecule has 0 radical (unpaired) electrons. The number of benzene rings is 2. The lowest BCUT2D eigenvalue weighted by molar-refractivity contribution is -0.137. The Morgan fingerprint density at radius 3 is 2.57 bits per heavy atom. The quantitative estimate of drug-likeness (QED) is 0.547. The zero-order chi connectivity index (χ0) is 21.6. The molecule has 0 bridgehead atoms. The van der Waals surface area contributed by atoms with E-state index in [4.69, 9.17) is 0 Å². The number of para-hydroxylation sites is 1. The summed E-state index contributed by atoms with van der Waals surface area (Å²) in [5, 5.41) is 3.24. The first-order valence-corrected chi connectivity index (χ1v) is 9.14. The summed E-state index contributed by atoms with van der Waals surface area (Å²) in [4.78, 5) is 28.9. The molecule has 154 valence electrons. The average Bonchev–Trinajstić information content (AvgIpc) is 3.01. The fourth-order valence-electron chi connectivity index (χ4n) is 3.52. The van der Waals surface area contributed by atoms with Crippen molar-refractivity contribution in [3.8, 4) is 0 Å². The van der Waals surface area contributed by atoms with Gasteiger partial charge in [-0.2, -0.15) is 18.2 Å². The second-order valence-electron chi connectivity index (χ2n) is 6.98. The van der Waals surface area contributed by atoms with E-state index in [0.29, 0.717) is 22.2 Å². The van der Waals surface area contributed by atoms with E-state index in [1.54, 1.807) is 47.3 Å². The summed E-state index contributed by atoms with van der Waals surface area (Å²) in [5.41, 5.74) is 0.474. The van der Waals surface area contributed by atoms with Crippen molar-refractivity contribution in [1.29, 1.82) is 0 Å². The van der Waals surface area contributed by atoms with Gasteiger partial charge in [-0.05, 0) is 44.2 Å². The van der Waals surface area contributed by atoms with Gasteiger partial charge in [0.15, 0.2) is 5.65 Å². The molecule has 0 saturated heterocycles. The van der Waals surface area contributed by atoms with Gasteiger partial charge >= 0.3 is 6.18 Å². The summed E-state index contributed by atoms with van der Waals surface area (Å²) >= 11 is 0. The van der Waals surface area contributed by atoms with Crippen LogP contribution >= 0.6 is 0 Å². The van der Waals surface area contributed by atoms with E-state index in [2.05, 4.69) is 10.3 Å². The van der Waals surface area contributed by atoms with E-state index in [1.165, 1.54) is 18.2 Å². The van der Waals surface area contributed by atoms with Gasteiger partial charge in [-0.3, -0.25) is 14.3 Å². The number of carbonyl (C=O) groups is 1. The van der Waals surface area contributed by atoms with Crippen molar-refractivity contribution in [2.75, 3.05) is 5.32 Å². The fourth-order valence-corrected chi connectivity index (χ4v) is 3.52. The van der Waals surface area contributed by atoms with E-state index >= 15 is 0 Å². The third kappa shape index (κ3) is 3.32. The molecule has 2 heterocycles. The van der Waals surface area contributed by atoms with Gasteiger partial charge in [0.05, 0.1) is 11.1 Å². The zero-order valence-electron chi connectivity index (χ0n) is 16.1. The van der Waals surface area contributed by atoms with Crippen molar-refractivity contribution in [2.45, 2.75) is 26.1 Å². The first-order chi connectivity index (χ1) is 14.2. The minimum atomic E-state index is -4.51. The Hall–Kier alpha value is -3.62. The van der Waals surface area contributed by atoms with Crippen LogP contribution in [0.3, 0.4) is 0 Å². The zero-order valence-corrected chi connectivity index (χ0v) is 16.1. The van der Waals surface area contributed by atoms with Crippen LogP contribution in [0.5, 0.6) is 0 Å². The lowest BCUT2D eigenvalue weighted by Gasteiger charge is -2.18. The third-order valence-electron chi connectivity index (χ3n) is 4.89. The molecule has 1 amide bonds. The Balaban J connectivity index is 1.79. The first kappa shape index (κ1) is 19.7. The van der Waals surface area contributed by atoms with Crippen molar-refractivity contribution in [2.24, 2.45) is 0 Å². The number of aryl methyl sites for hydroxylation is 1. The Kier molecular flexibility index (Phi) is 4.60. The fraction of sp³-hybridized carbons (Fsp3) is 0.190. The van der Waals surface area contributed by atoms with Crippen LogP contribution in [-0.4, -0.2) is 20.1 Å². The predicted octanol–water partition coefficient (Wildman–Crippen LogP) is 4.18. The second kappa shape index (κ2) is 7.01. The van der Waals surface area contributed by atoms with Crippen molar-refractivity contribution < 1.29 is 18.0 Å². The van der Waals surface area contributed by atoms with E-state index in [1.807, 2.05) is 0 Å². The van der Waals surface area contributed by atoms with Crippen LogP contribution in [0, 0.1) is 6.92 Å². The lowest BCUT2D eigenvalue weighted by atomic mass is 10.2. The van der Waals surface area contributed by atoms with E-state index < -0.39 is 29.2 Å². The van der Waals surface area contributed by atoms with Gasteiger partial charge in [-0.1, -0.05) is 18.2 Å². The molecule has 1 atom stereocenters. The number of anilines is 1. The van der Waals surface area contributed by atoms with Crippen molar-refractivity contribution >= 4 is 28.1 Å². The molecule has 2 aromatic heterocycles. The molecule has 0 saturated carbocycles. The highest BCUT2D eigenvalue weighted by atomic mass is 19.4. The molecule has 2 aromatic carbocycles. The summed E-state index contributed by atoms with van der Waals surface area (Å²) in [5.74, 6) is -0.505. The normalized spacial score (nSPS) is 13.0. The molecule has 4 rings (SSSR count). The Morgan fingerprint density at radius 2 is 1.83 bits per heavy atom. The molecular formula is C21H17F3N4O2. The number of carbonyl (C=O) groups excluding carboxylic acids is 1. The molecule has 0 aliphatic carbocycles. The number of aromatic nitrogens is 3. The third-order valence-corrected chi connectivity index (χ3v) is 4.89. The molecule has 4 aromatic rings. The minimum absolute atomic E-state index is 0.0455. The van der Waals surface area contributed by atoms with Gasteiger partial charge in [-0.15, -0.1) is 0 Å². The van der Waals surface area contributed by atoms with E-state index in [9.17, 15) is 22.8 Å². The molecule has 0 fully saturated rings. The average molecular weight is 414 g/mol. The number of rotatable bonds is 3. The maximum absolute atomic E-state index is 13.0. The summed E-state index contributed by atoms with van der Waals surface area (Å²) in [7, 11) is 0. The molecule has 0 spiro atoms. The van der Waals surface area contributed by atoms with Crippen LogP contribution in [0.15, 0.2) is 59.4 Å². The van der Waals surface area contributed by atoms with E-state index in [0.717, 1.165) is 12.1 Å². The smallest absolute Gasteiger partial charge is 0.324 e. The topological polar surface area (TPSA) is 68.4 Å². The number of halogens is 3. The van der Waals surface area contributed by atoms with Gasteiger partial charge in [-0.25, -0.2) is 4.52 Å². The second-order valence-corrected chi connectivity index (χ2v) is 6.98. The van der Waals surface area contributed by atoms with Crippen LogP contribution in [0.2, 0.25) is 0 Å². The van der Waals surface area contributed by atoms with Gasteiger partial charge < -0.3 is 5.32 Å². The summed E-state index contributed by atoms with van der Waals surface area (Å²) in [6.45, 7) is 3.36. The molecular weight excluding hydrogens is 397 g/mol. The Bertz CT molecular complexity index is 1340. The summed E-state index contributed by atoms with van der Waals surface area (Å²) < 4.78 is 42.2. The highest BCUT2D eigenvalue weighted by Crippen LogP contribution is 2.31. The number of nitrogens with one attached hydrogen (secondary N) is 1. The van der Waals surface area contributed by atoms with Gasteiger partial charge in [0.25, 0.3) is 5.56 Å². The maximum atomic E-state index is 13.0. The molecule has 30 heavy (non-hydrogen) atoms. The number of hydrogen-bond donors (Lipinski definition) is 1. The molecule has 0 aliphatic rings. The number of fused-ring (bicyclic) bond motifs is 3. The van der Waals surface area contributed by atoms with Crippen LogP contribution in [0.25, 0.3) is 16.6 Å².